The van der Waals surface area contributed by atoms with Gasteiger partial charge in [-0.1, -0.05) is 36.9 Å². The van der Waals surface area contributed by atoms with Crippen molar-refractivity contribution in [2.24, 2.45) is 5.92 Å². The molecule has 0 atom stereocenters. The Hall–Kier alpha value is -1.60. The molecule has 1 N–H and O–H groups in total. The van der Waals surface area contributed by atoms with E-state index in [2.05, 4.69) is 29.4 Å². The van der Waals surface area contributed by atoms with Crippen LogP contribution in [0.4, 0.5) is 5.13 Å². The van der Waals surface area contributed by atoms with Gasteiger partial charge in [-0.2, -0.15) is 0 Å². The number of methoxy groups -OCH3 is 1. The van der Waals surface area contributed by atoms with E-state index in [-0.39, 0.29) is 5.91 Å². The number of nitrogens with zero attached hydrogens (tertiary/aromatic N) is 2. The minimum absolute atomic E-state index is 0.200. The van der Waals surface area contributed by atoms with Gasteiger partial charge in [0.15, 0.2) is 4.34 Å². The van der Waals surface area contributed by atoms with Crippen molar-refractivity contribution in [3.8, 4) is 5.75 Å². The van der Waals surface area contributed by atoms with Crippen LogP contribution in [-0.2, 0) is 0 Å². The molecule has 0 aliphatic rings. The lowest BCUT2D eigenvalue weighted by Gasteiger charge is -2.03. The van der Waals surface area contributed by atoms with Gasteiger partial charge >= 0.3 is 0 Å². The Morgan fingerprint density at radius 2 is 2.05 bits per heavy atom. The van der Waals surface area contributed by atoms with Crippen LogP contribution < -0.4 is 10.1 Å². The van der Waals surface area contributed by atoms with Crippen molar-refractivity contribution >= 4 is 34.1 Å². The predicted octanol–water partition coefficient (Wildman–Crippen LogP) is 3.55. The lowest BCUT2D eigenvalue weighted by atomic mass is 10.2. The maximum Gasteiger partial charge on any atom is 0.257 e. The summed E-state index contributed by atoms with van der Waals surface area (Å²) in [7, 11) is 1.59. The smallest absolute Gasteiger partial charge is 0.257 e. The summed E-state index contributed by atoms with van der Waals surface area (Å²) in [4.78, 5) is 12.1. The summed E-state index contributed by atoms with van der Waals surface area (Å²) in [6, 6.07) is 6.92. The molecule has 7 heteroatoms. The molecule has 0 bridgehead atoms. The number of amides is 1. The van der Waals surface area contributed by atoms with Crippen LogP contribution in [0.25, 0.3) is 0 Å². The van der Waals surface area contributed by atoms with Crippen LogP contribution in [-0.4, -0.2) is 29.0 Å². The first-order valence-electron chi connectivity index (χ1n) is 6.50. The van der Waals surface area contributed by atoms with Crippen molar-refractivity contribution in [1.82, 2.24) is 10.2 Å². The van der Waals surface area contributed by atoms with Gasteiger partial charge in [-0.3, -0.25) is 10.1 Å². The molecule has 2 aromatic rings. The highest BCUT2D eigenvalue weighted by Gasteiger charge is 2.11. The van der Waals surface area contributed by atoms with Crippen molar-refractivity contribution in [2.75, 3.05) is 18.2 Å². The molecule has 1 amide bonds. The second-order valence-corrected chi connectivity index (χ2v) is 7.01. The van der Waals surface area contributed by atoms with E-state index in [9.17, 15) is 4.79 Å². The van der Waals surface area contributed by atoms with Gasteiger partial charge in [0, 0.05) is 11.3 Å². The monoisotopic (exact) mass is 323 g/mol. The fourth-order valence-electron chi connectivity index (χ4n) is 1.47. The fourth-order valence-corrected chi connectivity index (χ4v) is 3.19. The molecular weight excluding hydrogens is 306 g/mol. The third-order valence-electron chi connectivity index (χ3n) is 2.52. The second-order valence-electron chi connectivity index (χ2n) is 4.76. The van der Waals surface area contributed by atoms with Crippen LogP contribution in [0.3, 0.4) is 0 Å². The Bertz CT molecular complexity index is 597. The Morgan fingerprint density at radius 3 is 2.67 bits per heavy atom. The van der Waals surface area contributed by atoms with E-state index in [1.807, 2.05) is 0 Å². The highest BCUT2D eigenvalue weighted by Crippen LogP contribution is 2.27. The summed E-state index contributed by atoms with van der Waals surface area (Å²) < 4.78 is 5.93. The molecular formula is C14H17N3O2S2. The highest BCUT2D eigenvalue weighted by atomic mass is 32.2. The first-order valence-corrected chi connectivity index (χ1v) is 8.30. The summed E-state index contributed by atoms with van der Waals surface area (Å²) in [5, 5.41) is 11.3. The molecule has 1 aromatic carbocycles. The molecule has 0 saturated carbocycles. The predicted molar refractivity (Wildman–Crippen MR) is 86.4 cm³/mol. The lowest BCUT2D eigenvalue weighted by Crippen LogP contribution is -2.11. The molecule has 112 valence electrons. The number of thioether (sulfide) groups is 1. The summed E-state index contributed by atoms with van der Waals surface area (Å²) in [6.07, 6.45) is 0. The van der Waals surface area contributed by atoms with Gasteiger partial charge < -0.3 is 4.74 Å². The first kappa shape index (κ1) is 15.8. The minimum atomic E-state index is -0.200. The Morgan fingerprint density at radius 1 is 1.33 bits per heavy atom. The molecule has 0 radical (unpaired) electrons. The molecule has 0 unspecified atom stereocenters. The lowest BCUT2D eigenvalue weighted by molar-refractivity contribution is 0.102. The first-order chi connectivity index (χ1) is 10.1. The van der Waals surface area contributed by atoms with E-state index in [0.717, 1.165) is 15.8 Å². The zero-order chi connectivity index (χ0) is 15.2. The molecule has 2 rings (SSSR count). The normalized spacial score (nSPS) is 10.7. The molecule has 0 fully saturated rings. The van der Waals surface area contributed by atoms with E-state index in [0.29, 0.717) is 16.6 Å². The maximum absolute atomic E-state index is 12.1. The van der Waals surface area contributed by atoms with E-state index < -0.39 is 0 Å². The molecule has 5 nitrogen and oxygen atoms in total. The number of carbonyl (C=O) groups excluding carboxylic acids is 1. The standard InChI is InChI=1S/C14H17N3O2S2/c1-9(2)8-20-14-17-16-13(21-14)15-12(18)10-4-6-11(19-3)7-5-10/h4-7,9H,8H2,1-3H3,(H,15,16,18). The van der Waals surface area contributed by atoms with Crippen molar-refractivity contribution < 1.29 is 9.53 Å². The Balaban J connectivity index is 1.95. The van der Waals surface area contributed by atoms with Crippen molar-refractivity contribution in [1.29, 1.82) is 0 Å². The zero-order valence-electron chi connectivity index (χ0n) is 12.1. The van der Waals surface area contributed by atoms with E-state index in [1.54, 1.807) is 43.1 Å². The number of hydrogen-bond donors (Lipinski definition) is 1. The molecule has 0 saturated heterocycles. The SMILES string of the molecule is COc1ccc(C(=O)Nc2nnc(SCC(C)C)s2)cc1. The largest absolute Gasteiger partial charge is 0.497 e. The number of nitrogens with one attached hydrogen (secondary N) is 1. The van der Waals surface area contributed by atoms with E-state index in [4.69, 9.17) is 4.74 Å². The molecule has 0 aliphatic carbocycles. The highest BCUT2D eigenvalue weighted by molar-refractivity contribution is 8.01. The van der Waals surface area contributed by atoms with Gasteiger partial charge in [-0.05, 0) is 30.2 Å². The van der Waals surface area contributed by atoms with Crippen LogP contribution >= 0.6 is 23.1 Å². The third-order valence-corrected chi connectivity index (χ3v) is 4.92. The Labute approximate surface area is 132 Å². The quantitative estimate of drug-likeness (QED) is 0.650. The summed E-state index contributed by atoms with van der Waals surface area (Å²) >= 11 is 3.04. The third kappa shape index (κ3) is 4.71. The van der Waals surface area contributed by atoms with Crippen molar-refractivity contribution in [2.45, 2.75) is 18.2 Å². The van der Waals surface area contributed by atoms with Crippen molar-refractivity contribution in [3.05, 3.63) is 29.8 Å². The van der Waals surface area contributed by atoms with Gasteiger partial charge in [0.25, 0.3) is 5.91 Å². The van der Waals surface area contributed by atoms with Crippen LogP contribution in [0, 0.1) is 5.92 Å². The Kier molecular flexibility index (Phi) is 5.58. The topological polar surface area (TPSA) is 64.1 Å². The van der Waals surface area contributed by atoms with Crippen LogP contribution in [0.5, 0.6) is 5.75 Å². The molecule has 21 heavy (non-hydrogen) atoms. The van der Waals surface area contributed by atoms with Crippen LogP contribution in [0.15, 0.2) is 28.6 Å². The van der Waals surface area contributed by atoms with Crippen molar-refractivity contribution in [3.63, 3.8) is 0 Å². The molecule has 0 aliphatic heterocycles. The number of hydrogen-bond acceptors (Lipinski definition) is 6. The average Bonchev–Trinajstić information content (AvgIpc) is 2.92. The van der Waals surface area contributed by atoms with Gasteiger partial charge in [0.2, 0.25) is 5.13 Å². The van der Waals surface area contributed by atoms with Gasteiger partial charge in [0.1, 0.15) is 5.75 Å². The average molecular weight is 323 g/mol. The van der Waals surface area contributed by atoms with Crippen LogP contribution in [0.1, 0.15) is 24.2 Å². The van der Waals surface area contributed by atoms with Gasteiger partial charge in [0.05, 0.1) is 7.11 Å². The van der Waals surface area contributed by atoms with E-state index in [1.165, 1.54) is 11.3 Å². The molecule has 1 heterocycles. The number of anilines is 1. The number of carbonyl (C=O) groups is 1. The number of ether oxygens (including phenoxy) is 1. The van der Waals surface area contributed by atoms with Gasteiger partial charge in [-0.15, -0.1) is 10.2 Å². The minimum Gasteiger partial charge on any atom is -0.497 e. The van der Waals surface area contributed by atoms with Crippen LogP contribution in [0.2, 0.25) is 0 Å². The maximum atomic E-state index is 12.1. The number of aromatic nitrogens is 2. The zero-order valence-corrected chi connectivity index (χ0v) is 13.8. The molecule has 0 spiro atoms. The number of benzene rings is 1. The summed E-state index contributed by atoms with van der Waals surface area (Å²) in [5.74, 6) is 2.10. The summed E-state index contributed by atoms with van der Waals surface area (Å²) in [5.41, 5.74) is 0.558. The van der Waals surface area contributed by atoms with Gasteiger partial charge in [-0.25, -0.2) is 0 Å². The summed E-state index contributed by atoms with van der Waals surface area (Å²) in [6.45, 7) is 4.31. The van der Waals surface area contributed by atoms with E-state index >= 15 is 0 Å². The fraction of sp³-hybridized carbons (Fsp3) is 0.357. The second kappa shape index (κ2) is 7.42. The number of rotatable bonds is 6. The molecule has 1 aromatic heterocycles.